The Balaban J connectivity index is 2.23. The van der Waals surface area contributed by atoms with E-state index >= 15 is 0 Å². The van der Waals surface area contributed by atoms with E-state index in [0.29, 0.717) is 30.5 Å². The fraction of sp³-hybridized carbons (Fsp3) is 0.357. The predicted octanol–water partition coefficient (Wildman–Crippen LogP) is 3.37. The minimum absolute atomic E-state index is 0.0932. The number of carbonyl (C=O) groups excluding carboxylic acids is 1. The number of rotatable bonds is 6. The van der Waals surface area contributed by atoms with E-state index in [1.165, 1.54) is 23.5 Å². The van der Waals surface area contributed by atoms with Crippen LogP contribution in [0.15, 0.2) is 24.3 Å². The molecule has 0 spiro atoms. The highest BCUT2D eigenvalue weighted by molar-refractivity contribution is 7.20. The highest BCUT2D eigenvalue weighted by Gasteiger charge is 2.17. The molecule has 1 aromatic carbocycles. The van der Waals surface area contributed by atoms with Gasteiger partial charge in [-0.05, 0) is 23.6 Å². The minimum atomic E-state index is -0.296. The molecule has 20 heavy (non-hydrogen) atoms. The first-order valence-electron chi connectivity index (χ1n) is 6.19. The molecule has 2 rings (SSSR count). The van der Waals surface area contributed by atoms with E-state index in [-0.39, 0.29) is 11.7 Å². The fourth-order valence-corrected chi connectivity index (χ4v) is 3.14. The highest BCUT2D eigenvalue weighted by Crippen LogP contribution is 2.27. The smallest absolute Gasteiger partial charge is 0.264 e. The predicted molar refractivity (Wildman–Crippen MR) is 80.3 cm³/mol. The van der Waals surface area contributed by atoms with Crippen LogP contribution in [0.25, 0.3) is 10.1 Å². The lowest BCUT2D eigenvalue weighted by Gasteiger charge is -2.20. The van der Waals surface area contributed by atoms with Gasteiger partial charge in [0.2, 0.25) is 0 Å². The third kappa shape index (κ3) is 3.48. The average Bonchev–Trinajstić information content (AvgIpc) is 2.85. The zero-order valence-corrected chi connectivity index (χ0v) is 12.6. The highest BCUT2D eigenvalue weighted by atomic mass is 35.5. The Morgan fingerprint density at radius 1 is 1.40 bits per heavy atom. The molecule has 0 N–H and O–H groups in total. The Hall–Kier alpha value is -1.17. The summed E-state index contributed by atoms with van der Waals surface area (Å²) in [7, 11) is 1.59. The summed E-state index contributed by atoms with van der Waals surface area (Å²) in [4.78, 5) is 14.7. The molecule has 0 fully saturated rings. The maximum absolute atomic E-state index is 13.2. The van der Waals surface area contributed by atoms with Gasteiger partial charge in [0.1, 0.15) is 5.82 Å². The second-order valence-electron chi connectivity index (χ2n) is 4.27. The van der Waals surface area contributed by atoms with E-state index in [9.17, 15) is 9.18 Å². The number of fused-ring (bicyclic) bond motifs is 1. The molecular weight excluding hydrogens is 301 g/mol. The SMILES string of the molecule is COCCN(CCCl)C(=O)c1cc2ccc(F)cc2s1. The summed E-state index contributed by atoms with van der Waals surface area (Å²) in [5, 5.41) is 0.873. The first-order chi connectivity index (χ1) is 9.65. The lowest BCUT2D eigenvalue weighted by molar-refractivity contribution is 0.0712. The van der Waals surface area contributed by atoms with Crippen LogP contribution in [0.1, 0.15) is 9.67 Å². The van der Waals surface area contributed by atoms with Crippen LogP contribution in [-0.2, 0) is 4.74 Å². The van der Waals surface area contributed by atoms with Crippen LogP contribution in [0.2, 0.25) is 0 Å². The van der Waals surface area contributed by atoms with Crippen molar-refractivity contribution in [2.24, 2.45) is 0 Å². The van der Waals surface area contributed by atoms with Crippen molar-refractivity contribution < 1.29 is 13.9 Å². The van der Waals surface area contributed by atoms with Crippen LogP contribution in [0.5, 0.6) is 0 Å². The lowest BCUT2D eigenvalue weighted by atomic mass is 10.2. The van der Waals surface area contributed by atoms with Crippen LogP contribution in [0, 0.1) is 5.82 Å². The topological polar surface area (TPSA) is 29.5 Å². The Bertz CT molecular complexity index is 602. The number of amides is 1. The maximum Gasteiger partial charge on any atom is 0.264 e. The third-order valence-electron chi connectivity index (χ3n) is 2.90. The molecule has 0 radical (unpaired) electrons. The maximum atomic E-state index is 13.2. The standard InChI is InChI=1S/C14H15ClFNO2S/c1-19-7-6-17(5-4-15)14(18)13-8-10-2-3-11(16)9-12(10)20-13/h2-3,8-9H,4-7H2,1H3. The van der Waals surface area contributed by atoms with Gasteiger partial charge in [-0.3, -0.25) is 4.79 Å². The van der Waals surface area contributed by atoms with Crippen molar-refractivity contribution in [3.05, 3.63) is 35.0 Å². The molecule has 0 saturated heterocycles. The zero-order valence-electron chi connectivity index (χ0n) is 11.1. The summed E-state index contributed by atoms with van der Waals surface area (Å²) < 4.78 is 18.9. The number of hydrogen-bond donors (Lipinski definition) is 0. The number of thiophene rings is 1. The monoisotopic (exact) mass is 315 g/mol. The Morgan fingerprint density at radius 2 is 2.20 bits per heavy atom. The van der Waals surface area contributed by atoms with E-state index in [4.69, 9.17) is 16.3 Å². The number of alkyl halides is 1. The molecule has 0 atom stereocenters. The molecule has 0 bridgehead atoms. The molecule has 0 aliphatic carbocycles. The van der Waals surface area contributed by atoms with Gasteiger partial charge in [-0.25, -0.2) is 4.39 Å². The molecule has 0 saturated carbocycles. The molecule has 0 aliphatic rings. The Morgan fingerprint density at radius 3 is 2.90 bits per heavy atom. The Kier molecular flexibility index (Phi) is 5.34. The quantitative estimate of drug-likeness (QED) is 0.765. The van der Waals surface area contributed by atoms with E-state index < -0.39 is 0 Å². The molecule has 1 amide bonds. The van der Waals surface area contributed by atoms with Crippen LogP contribution >= 0.6 is 22.9 Å². The molecule has 2 aromatic rings. The van der Waals surface area contributed by atoms with Gasteiger partial charge in [0.05, 0.1) is 11.5 Å². The van der Waals surface area contributed by atoms with Crippen LogP contribution in [0.3, 0.4) is 0 Å². The van der Waals surface area contributed by atoms with Gasteiger partial charge in [0.15, 0.2) is 0 Å². The average molecular weight is 316 g/mol. The number of halogens is 2. The summed E-state index contributed by atoms with van der Waals surface area (Å²) in [5.41, 5.74) is 0. The van der Waals surface area contributed by atoms with Gasteiger partial charge in [0.25, 0.3) is 5.91 Å². The van der Waals surface area contributed by atoms with E-state index in [2.05, 4.69) is 0 Å². The van der Waals surface area contributed by atoms with Gasteiger partial charge in [-0.15, -0.1) is 22.9 Å². The largest absolute Gasteiger partial charge is 0.383 e. The zero-order chi connectivity index (χ0) is 14.5. The fourth-order valence-electron chi connectivity index (χ4n) is 1.88. The molecule has 0 unspecified atom stereocenters. The van der Waals surface area contributed by atoms with Gasteiger partial charge in [0, 0.05) is 30.8 Å². The van der Waals surface area contributed by atoms with Gasteiger partial charge >= 0.3 is 0 Å². The molecule has 6 heteroatoms. The molecule has 1 aromatic heterocycles. The third-order valence-corrected chi connectivity index (χ3v) is 4.15. The van der Waals surface area contributed by atoms with Gasteiger partial charge in [-0.2, -0.15) is 0 Å². The van der Waals surface area contributed by atoms with E-state index in [0.717, 1.165) is 10.1 Å². The first kappa shape index (κ1) is 15.2. The van der Waals surface area contributed by atoms with E-state index in [1.54, 1.807) is 24.1 Å². The van der Waals surface area contributed by atoms with Crippen molar-refractivity contribution in [2.45, 2.75) is 0 Å². The lowest BCUT2D eigenvalue weighted by Crippen LogP contribution is -2.35. The number of ether oxygens (including phenoxy) is 1. The second kappa shape index (κ2) is 7.02. The van der Waals surface area contributed by atoms with Crippen LogP contribution < -0.4 is 0 Å². The normalized spacial score (nSPS) is 10.9. The molecule has 3 nitrogen and oxygen atoms in total. The first-order valence-corrected chi connectivity index (χ1v) is 7.54. The van der Waals surface area contributed by atoms with Crippen molar-refractivity contribution in [3.8, 4) is 0 Å². The van der Waals surface area contributed by atoms with Gasteiger partial charge in [-0.1, -0.05) is 6.07 Å². The number of nitrogens with zero attached hydrogens (tertiary/aromatic N) is 1. The van der Waals surface area contributed by atoms with Crippen LogP contribution in [-0.4, -0.2) is 43.5 Å². The van der Waals surface area contributed by atoms with Gasteiger partial charge < -0.3 is 9.64 Å². The number of methoxy groups -OCH3 is 1. The van der Waals surface area contributed by atoms with Crippen molar-refractivity contribution in [1.82, 2.24) is 4.90 Å². The summed E-state index contributed by atoms with van der Waals surface area (Å²) in [6, 6.07) is 6.30. The minimum Gasteiger partial charge on any atom is -0.383 e. The summed E-state index contributed by atoms with van der Waals surface area (Å²) in [6.45, 7) is 1.42. The molecule has 108 valence electrons. The number of carbonyl (C=O) groups is 1. The van der Waals surface area contributed by atoms with Crippen LogP contribution in [0.4, 0.5) is 4.39 Å². The van der Waals surface area contributed by atoms with Crippen molar-refractivity contribution in [1.29, 1.82) is 0 Å². The van der Waals surface area contributed by atoms with Crippen molar-refractivity contribution in [2.75, 3.05) is 32.7 Å². The summed E-state index contributed by atoms with van der Waals surface area (Å²) in [6.07, 6.45) is 0. The molecular formula is C14H15ClFNO2S. The van der Waals surface area contributed by atoms with E-state index in [1.807, 2.05) is 0 Å². The Labute approximate surface area is 125 Å². The van der Waals surface area contributed by atoms with Crippen molar-refractivity contribution in [3.63, 3.8) is 0 Å². The molecule has 1 heterocycles. The van der Waals surface area contributed by atoms with Crippen molar-refractivity contribution >= 4 is 38.9 Å². The summed E-state index contributed by atoms with van der Waals surface area (Å²) >= 11 is 7.02. The summed E-state index contributed by atoms with van der Waals surface area (Å²) in [5.74, 6) is -0.0192. The number of benzene rings is 1. The number of hydrogen-bond acceptors (Lipinski definition) is 3. The molecule has 0 aliphatic heterocycles. The second-order valence-corrected chi connectivity index (χ2v) is 5.73.